The molecule has 1 aliphatic heterocycles. The Labute approximate surface area is 196 Å². The van der Waals surface area contributed by atoms with Gasteiger partial charge in [-0.15, -0.1) is 24.0 Å². The fourth-order valence-electron chi connectivity index (χ4n) is 3.82. The summed E-state index contributed by atoms with van der Waals surface area (Å²) >= 11 is 0. The standard InChI is InChI=1S/C24H29N5.HI/c1-19-10-13-29(14-11-19)24(25)27-16-22-4-2-3-5-23(22)21-8-6-20(7-9-21)17-28-15-12-26-18-28;/h2-9,12,15,18-19H,10-11,13-14,16-17H2,1H3,(H2,25,27);1H. The van der Waals surface area contributed by atoms with Gasteiger partial charge in [0.2, 0.25) is 0 Å². The molecule has 2 aromatic carbocycles. The Morgan fingerprint density at radius 2 is 1.83 bits per heavy atom. The lowest BCUT2D eigenvalue weighted by molar-refractivity contribution is 0.277. The minimum absolute atomic E-state index is 0. The topological polar surface area (TPSA) is 59.4 Å². The molecule has 0 amide bonds. The number of rotatable bonds is 5. The van der Waals surface area contributed by atoms with Crippen LogP contribution in [0, 0.1) is 5.92 Å². The molecule has 1 fully saturated rings. The van der Waals surface area contributed by atoms with Crippen molar-refractivity contribution in [2.45, 2.75) is 32.9 Å². The third-order valence-corrected chi connectivity index (χ3v) is 5.73. The maximum Gasteiger partial charge on any atom is 0.191 e. The summed E-state index contributed by atoms with van der Waals surface area (Å²) in [6.07, 6.45) is 8.01. The summed E-state index contributed by atoms with van der Waals surface area (Å²) in [5, 5.41) is 0. The minimum atomic E-state index is 0. The monoisotopic (exact) mass is 515 g/mol. The van der Waals surface area contributed by atoms with Crippen molar-refractivity contribution in [3.05, 3.63) is 78.4 Å². The van der Waals surface area contributed by atoms with Crippen LogP contribution in [0.2, 0.25) is 0 Å². The van der Waals surface area contributed by atoms with Gasteiger partial charge in [-0.3, -0.25) is 0 Å². The molecule has 1 aliphatic rings. The first kappa shape index (κ1) is 22.3. The lowest BCUT2D eigenvalue weighted by Crippen LogP contribution is -2.42. The fraction of sp³-hybridized carbons (Fsp3) is 0.333. The summed E-state index contributed by atoms with van der Waals surface area (Å²) in [7, 11) is 0. The van der Waals surface area contributed by atoms with Crippen molar-refractivity contribution in [1.29, 1.82) is 0 Å². The molecule has 0 unspecified atom stereocenters. The first-order chi connectivity index (χ1) is 14.2. The predicted molar refractivity (Wildman–Crippen MR) is 134 cm³/mol. The highest BCUT2D eigenvalue weighted by molar-refractivity contribution is 14.0. The highest BCUT2D eigenvalue weighted by Gasteiger charge is 2.17. The van der Waals surface area contributed by atoms with E-state index in [9.17, 15) is 0 Å². The van der Waals surface area contributed by atoms with E-state index in [1.807, 2.05) is 12.5 Å². The highest BCUT2D eigenvalue weighted by Crippen LogP contribution is 2.25. The molecule has 3 aromatic rings. The van der Waals surface area contributed by atoms with Gasteiger partial charge in [0, 0.05) is 32.0 Å². The van der Waals surface area contributed by atoms with Crippen LogP contribution in [0.4, 0.5) is 0 Å². The Balaban J connectivity index is 0.00000256. The second-order valence-corrected chi connectivity index (χ2v) is 7.93. The number of aromatic nitrogens is 2. The smallest absolute Gasteiger partial charge is 0.191 e. The van der Waals surface area contributed by atoms with Gasteiger partial charge in [-0.1, -0.05) is 55.5 Å². The van der Waals surface area contributed by atoms with Gasteiger partial charge in [-0.05, 0) is 41.0 Å². The van der Waals surface area contributed by atoms with Crippen molar-refractivity contribution in [3.8, 4) is 11.1 Å². The minimum Gasteiger partial charge on any atom is -0.370 e. The molecule has 0 saturated carbocycles. The normalized spacial score (nSPS) is 15.1. The highest BCUT2D eigenvalue weighted by atomic mass is 127. The largest absolute Gasteiger partial charge is 0.370 e. The van der Waals surface area contributed by atoms with E-state index < -0.39 is 0 Å². The SMILES string of the molecule is CC1CCN(C(N)=NCc2ccccc2-c2ccc(Cn3ccnc3)cc2)CC1.I. The Morgan fingerprint density at radius 1 is 1.10 bits per heavy atom. The maximum absolute atomic E-state index is 6.28. The summed E-state index contributed by atoms with van der Waals surface area (Å²) in [5.41, 5.74) is 11.2. The second kappa shape index (κ2) is 10.6. The lowest BCUT2D eigenvalue weighted by Gasteiger charge is -2.31. The molecular weight excluding hydrogens is 485 g/mol. The van der Waals surface area contributed by atoms with Crippen molar-refractivity contribution in [1.82, 2.24) is 14.5 Å². The average Bonchev–Trinajstić information content (AvgIpc) is 3.26. The Bertz CT molecular complexity index is 942. The molecule has 4 rings (SSSR count). The molecule has 0 atom stereocenters. The van der Waals surface area contributed by atoms with Gasteiger partial charge in [0.15, 0.2) is 5.96 Å². The maximum atomic E-state index is 6.28. The van der Waals surface area contributed by atoms with Crippen LogP contribution in [0.3, 0.4) is 0 Å². The number of nitrogens with zero attached hydrogens (tertiary/aromatic N) is 4. The molecule has 30 heavy (non-hydrogen) atoms. The van der Waals surface area contributed by atoms with E-state index in [0.717, 1.165) is 25.6 Å². The van der Waals surface area contributed by atoms with Crippen molar-refractivity contribution < 1.29 is 0 Å². The van der Waals surface area contributed by atoms with Crippen LogP contribution < -0.4 is 5.73 Å². The summed E-state index contributed by atoms with van der Waals surface area (Å²) in [5.74, 6) is 1.46. The quantitative estimate of drug-likeness (QED) is 0.303. The number of benzene rings is 2. The first-order valence-electron chi connectivity index (χ1n) is 10.4. The number of guanidine groups is 1. The Morgan fingerprint density at radius 3 is 2.53 bits per heavy atom. The van der Waals surface area contributed by atoms with Gasteiger partial charge < -0.3 is 15.2 Å². The number of nitrogens with two attached hydrogens (primary N) is 1. The number of halogens is 1. The van der Waals surface area contributed by atoms with Crippen LogP contribution in [-0.4, -0.2) is 33.5 Å². The van der Waals surface area contributed by atoms with E-state index in [-0.39, 0.29) is 24.0 Å². The number of hydrogen-bond donors (Lipinski definition) is 1. The molecule has 0 aliphatic carbocycles. The summed E-state index contributed by atoms with van der Waals surface area (Å²) in [6, 6.07) is 17.2. The molecule has 5 nitrogen and oxygen atoms in total. The molecule has 2 heterocycles. The number of hydrogen-bond acceptors (Lipinski definition) is 2. The number of imidazole rings is 1. The number of piperidine rings is 1. The molecule has 2 N–H and O–H groups in total. The zero-order chi connectivity index (χ0) is 20.1. The summed E-state index contributed by atoms with van der Waals surface area (Å²) in [6.45, 7) is 5.76. The van der Waals surface area contributed by atoms with Gasteiger partial charge >= 0.3 is 0 Å². The predicted octanol–water partition coefficient (Wildman–Crippen LogP) is 4.76. The number of likely N-dealkylation sites (tertiary alicyclic amines) is 1. The lowest BCUT2D eigenvalue weighted by atomic mass is 9.98. The van der Waals surface area contributed by atoms with Crippen LogP contribution in [-0.2, 0) is 13.1 Å². The third-order valence-electron chi connectivity index (χ3n) is 5.73. The second-order valence-electron chi connectivity index (χ2n) is 7.93. The van der Waals surface area contributed by atoms with E-state index >= 15 is 0 Å². The van der Waals surface area contributed by atoms with Crippen LogP contribution in [0.1, 0.15) is 30.9 Å². The molecule has 0 spiro atoms. The van der Waals surface area contributed by atoms with Gasteiger partial charge in [0.1, 0.15) is 0 Å². The van der Waals surface area contributed by atoms with Gasteiger partial charge in [0.05, 0.1) is 12.9 Å². The van der Waals surface area contributed by atoms with Crippen LogP contribution in [0.25, 0.3) is 11.1 Å². The Kier molecular flexibility index (Phi) is 7.90. The van der Waals surface area contributed by atoms with Gasteiger partial charge in [-0.25, -0.2) is 9.98 Å². The number of aliphatic imine (C=N–C) groups is 1. The summed E-state index contributed by atoms with van der Waals surface area (Å²) < 4.78 is 2.07. The average molecular weight is 515 g/mol. The van der Waals surface area contributed by atoms with E-state index in [0.29, 0.717) is 12.5 Å². The zero-order valence-electron chi connectivity index (χ0n) is 17.4. The van der Waals surface area contributed by atoms with Gasteiger partial charge in [-0.2, -0.15) is 0 Å². The van der Waals surface area contributed by atoms with Crippen LogP contribution in [0.15, 0.2) is 72.2 Å². The first-order valence-corrected chi connectivity index (χ1v) is 10.4. The zero-order valence-corrected chi connectivity index (χ0v) is 19.8. The van der Waals surface area contributed by atoms with Gasteiger partial charge in [0.25, 0.3) is 0 Å². The van der Waals surface area contributed by atoms with Crippen LogP contribution >= 0.6 is 24.0 Å². The molecule has 0 bridgehead atoms. The third kappa shape index (κ3) is 5.62. The Hall–Kier alpha value is -2.35. The van der Waals surface area contributed by atoms with Crippen molar-refractivity contribution in [3.63, 3.8) is 0 Å². The van der Waals surface area contributed by atoms with Crippen molar-refractivity contribution >= 4 is 29.9 Å². The van der Waals surface area contributed by atoms with E-state index in [4.69, 9.17) is 10.7 Å². The van der Waals surface area contributed by atoms with Crippen LogP contribution in [0.5, 0.6) is 0 Å². The molecular formula is C24H30IN5. The molecule has 0 radical (unpaired) electrons. The van der Waals surface area contributed by atoms with E-state index in [1.54, 1.807) is 6.20 Å². The van der Waals surface area contributed by atoms with Crippen molar-refractivity contribution in [2.75, 3.05) is 13.1 Å². The molecule has 158 valence electrons. The van der Waals surface area contributed by atoms with E-state index in [2.05, 4.69) is 69.9 Å². The van der Waals surface area contributed by atoms with Crippen molar-refractivity contribution in [2.24, 2.45) is 16.6 Å². The van der Waals surface area contributed by atoms with E-state index in [1.165, 1.54) is 35.1 Å². The molecule has 1 aromatic heterocycles. The fourth-order valence-corrected chi connectivity index (χ4v) is 3.82. The molecule has 1 saturated heterocycles. The molecule has 6 heteroatoms. The summed E-state index contributed by atoms with van der Waals surface area (Å²) in [4.78, 5) is 11.0.